The van der Waals surface area contributed by atoms with Crippen LogP contribution in [0, 0.1) is 11.5 Å². The first-order chi connectivity index (χ1) is 6.87. The van der Waals surface area contributed by atoms with Crippen LogP contribution in [0.3, 0.4) is 0 Å². The minimum absolute atomic E-state index is 0.103. The topological polar surface area (TPSA) is 42.0 Å². The highest BCUT2D eigenvalue weighted by Gasteiger charge is 2.08. The zero-order valence-corrected chi connectivity index (χ0v) is 11.2. The lowest BCUT2D eigenvalue weighted by atomic mass is 10.6. The second-order valence-electron chi connectivity index (χ2n) is 4.21. The monoisotopic (exact) mass is 238 g/mol. The van der Waals surface area contributed by atoms with Crippen molar-refractivity contribution in [2.45, 2.75) is 26.6 Å². The Kier molecular flexibility index (Phi) is 3.66. The molecule has 0 aliphatic carbocycles. The van der Waals surface area contributed by atoms with Gasteiger partial charge < -0.3 is 5.32 Å². The Balaban J connectivity index is 2.75. The summed E-state index contributed by atoms with van der Waals surface area (Å²) in [7, 11) is -1.33. The maximum atomic E-state index is 10.8. The van der Waals surface area contributed by atoms with Crippen molar-refractivity contribution in [1.82, 2.24) is 4.98 Å². The molecule has 0 spiro atoms. The van der Waals surface area contributed by atoms with Gasteiger partial charge in [-0.05, 0) is 0 Å². The van der Waals surface area contributed by atoms with Crippen LogP contribution < -0.4 is 5.32 Å². The molecule has 0 atom stereocenters. The molecule has 1 aromatic rings. The van der Waals surface area contributed by atoms with E-state index >= 15 is 0 Å². The zero-order valence-electron chi connectivity index (χ0n) is 9.34. The molecular weight excluding hydrogens is 224 g/mol. The van der Waals surface area contributed by atoms with Gasteiger partial charge in [-0.3, -0.25) is 4.79 Å². The van der Waals surface area contributed by atoms with Gasteiger partial charge in [0.1, 0.15) is 8.07 Å². The summed E-state index contributed by atoms with van der Waals surface area (Å²) < 4.78 is 0. The fourth-order valence-electron chi connectivity index (χ4n) is 0.789. The molecule has 3 nitrogen and oxygen atoms in total. The van der Waals surface area contributed by atoms with E-state index in [1.54, 1.807) is 6.20 Å². The van der Waals surface area contributed by atoms with Crippen molar-refractivity contribution >= 4 is 30.4 Å². The van der Waals surface area contributed by atoms with Gasteiger partial charge in [-0.1, -0.05) is 36.9 Å². The smallest absolute Gasteiger partial charge is 0.223 e. The highest BCUT2D eigenvalue weighted by Crippen LogP contribution is 2.16. The highest BCUT2D eigenvalue weighted by molar-refractivity contribution is 7.16. The number of nitrogens with zero attached hydrogens (tertiary/aromatic N) is 1. The fraction of sp³-hybridized carbons (Fsp3) is 0.400. The van der Waals surface area contributed by atoms with Crippen LogP contribution in [0.5, 0.6) is 0 Å². The van der Waals surface area contributed by atoms with Gasteiger partial charge in [-0.25, -0.2) is 4.98 Å². The molecule has 0 fully saturated rings. The Hall–Kier alpha value is -1.12. The first-order valence-corrected chi connectivity index (χ1v) is 8.95. The average Bonchev–Trinajstić information content (AvgIpc) is 2.46. The third kappa shape index (κ3) is 4.77. The van der Waals surface area contributed by atoms with Crippen LogP contribution in [0.1, 0.15) is 11.8 Å². The molecule has 1 amide bonds. The average molecular weight is 238 g/mol. The Morgan fingerprint density at radius 3 is 2.73 bits per heavy atom. The molecule has 0 saturated heterocycles. The molecule has 0 aliphatic rings. The SMILES string of the molecule is CC(=O)Nc1ncc(C#C[Si](C)(C)C)s1. The van der Waals surface area contributed by atoms with Gasteiger partial charge in [0.15, 0.2) is 5.13 Å². The van der Waals surface area contributed by atoms with Crippen molar-refractivity contribution in [2.24, 2.45) is 0 Å². The van der Waals surface area contributed by atoms with E-state index in [0.717, 1.165) is 4.88 Å². The normalized spacial score (nSPS) is 10.4. The lowest BCUT2D eigenvalue weighted by molar-refractivity contribution is -0.114. The van der Waals surface area contributed by atoms with E-state index in [1.165, 1.54) is 18.3 Å². The Morgan fingerprint density at radius 2 is 2.20 bits per heavy atom. The molecule has 1 heterocycles. The van der Waals surface area contributed by atoms with E-state index in [0.29, 0.717) is 5.13 Å². The lowest BCUT2D eigenvalue weighted by Crippen LogP contribution is -2.16. The van der Waals surface area contributed by atoms with Gasteiger partial charge in [0.05, 0.1) is 11.1 Å². The lowest BCUT2D eigenvalue weighted by Gasteiger charge is -2.02. The predicted octanol–water partition coefficient (Wildman–Crippen LogP) is 2.33. The maximum absolute atomic E-state index is 10.8. The number of amides is 1. The van der Waals surface area contributed by atoms with Crippen molar-refractivity contribution in [1.29, 1.82) is 0 Å². The van der Waals surface area contributed by atoms with E-state index in [-0.39, 0.29) is 5.91 Å². The maximum Gasteiger partial charge on any atom is 0.223 e. The molecule has 0 aliphatic heterocycles. The molecular formula is C10H14N2OSSi. The molecule has 1 rings (SSSR count). The van der Waals surface area contributed by atoms with Crippen LogP contribution in [0.25, 0.3) is 0 Å². The van der Waals surface area contributed by atoms with Crippen LogP contribution in [0.4, 0.5) is 5.13 Å². The Bertz CT molecular complexity index is 423. The van der Waals surface area contributed by atoms with E-state index < -0.39 is 8.07 Å². The Morgan fingerprint density at radius 1 is 1.53 bits per heavy atom. The summed E-state index contributed by atoms with van der Waals surface area (Å²) in [5.41, 5.74) is 3.25. The molecule has 5 heteroatoms. The van der Waals surface area contributed by atoms with Gasteiger partial charge in [0.2, 0.25) is 5.91 Å². The number of thiazole rings is 1. The number of hydrogen-bond acceptors (Lipinski definition) is 3. The van der Waals surface area contributed by atoms with Crippen molar-refractivity contribution in [2.75, 3.05) is 5.32 Å². The Labute approximate surface area is 94.9 Å². The molecule has 1 N–H and O–H groups in total. The molecule has 0 aromatic carbocycles. The zero-order chi connectivity index (χ0) is 11.5. The molecule has 80 valence electrons. The van der Waals surface area contributed by atoms with Crippen molar-refractivity contribution < 1.29 is 4.79 Å². The number of rotatable bonds is 1. The number of nitrogens with one attached hydrogen (secondary N) is 1. The second kappa shape index (κ2) is 4.60. The van der Waals surface area contributed by atoms with Gasteiger partial charge in [-0.15, -0.1) is 5.54 Å². The van der Waals surface area contributed by atoms with Crippen molar-refractivity contribution in [3.05, 3.63) is 11.1 Å². The van der Waals surface area contributed by atoms with E-state index in [1.807, 2.05) is 0 Å². The standard InChI is InChI=1S/C10H14N2OSSi/c1-8(13)12-10-11-7-9(14-10)5-6-15(2,3)4/h7H,1-4H3,(H,11,12,13). The summed E-state index contributed by atoms with van der Waals surface area (Å²) in [6.07, 6.45) is 1.70. The van der Waals surface area contributed by atoms with Crippen LogP contribution in [0.2, 0.25) is 19.6 Å². The largest absolute Gasteiger partial charge is 0.302 e. The fourth-order valence-corrected chi connectivity index (χ4v) is 2.11. The third-order valence-electron chi connectivity index (χ3n) is 1.35. The van der Waals surface area contributed by atoms with Crippen LogP contribution in [0.15, 0.2) is 6.20 Å². The number of carbonyl (C=O) groups excluding carboxylic acids is 1. The number of carbonyl (C=O) groups is 1. The van der Waals surface area contributed by atoms with Crippen molar-refractivity contribution in [3.8, 4) is 11.5 Å². The summed E-state index contributed by atoms with van der Waals surface area (Å²) in [6.45, 7) is 8.04. The number of hydrogen-bond donors (Lipinski definition) is 1. The summed E-state index contributed by atoms with van der Waals surface area (Å²) >= 11 is 1.41. The van der Waals surface area contributed by atoms with Gasteiger partial charge in [0, 0.05) is 6.92 Å². The summed E-state index contributed by atoms with van der Waals surface area (Å²) in [5, 5.41) is 3.25. The molecule has 15 heavy (non-hydrogen) atoms. The molecule has 0 saturated carbocycles. The summed E-state index contributed by atoms with van der Waals surface area (Å²) in [5.74, 6) is 2.99. The van der Waals surface area contributed by atoms with Crippen LogP contribution >= 0.6 is 11.3 Å². The van der Waals surface area contributed by atoms with Crippen molar-refractivity contribution in [3.63, 3.8) is 0 Å². The van der Waals surface area contributed by atoms with Gasteiger partial charge in [-0.2, -0.15) is 0 Å². The van der Waals surface area contributed by atoms with Gasteiger partial charge in [0.25, 0.3) is 0 Å². The quantitative estimate of drug-likeness (QED) is 0.602. The third-order valence-corrected chi connectivity index (χ3v) is 3.05. The van der Waals surface area contributed by atoms with E-state index in [2.05, 4.69) is 41.4 Å². The van der Waals surface area contributed by atoms with E-state index in [4.69, 9.17) is 0 Å². The first-order valence-electron chi connectivity index (χ1n) is 4.63. The van der Waals surface area contributed by atoms with Crippen LogP contribution in [-0.2, 0) is 4.79 Å². The van der Waals surface area contributed by atoms with Crippen LogP contribution in [-0.4, -0.2) is 19.0 Å². The predicted molar refractivity (Wildman–Crippen MR) is 66.6 cm³/mol. The van der Waals surface area contributed by atoms with Gasteiger partial charge >= 0.3 is 0 Å². The second-order valence-corrected chi connectivity index (χ2v) is 9.99. The first kappa shape index (κ1) is 11.9. The highest BCUT2D eigenvalue weighted by atomic mass is 32.1. The molecule has 0 radical (unpaired) electrons. The van der Waals surface area contributed by atoms with E-state index in [9.17, 15) is 4.79 Å². The molecule has 1 aromatic heterocycles. The minimum Gasteiger partial charge on any atom is -0.302 e. The summed E-state index contributed by atoms with van der Waals surface area (Å²) in [4.78, 5) is 15.7. The minimum atomic E-state index is -1.33. The number of aromatic nitrogens is 1. The molecule has 0 bridgehead atoms. The summed E-state index contributed by atoms with van der Waals surface area (Å²) in [6, 6.07) is 0. The number of anilines is 1. The molecule has 0 unspecified atom stereocenters.